The van der Waals surface area contributed by atoms with E-state index in [4.69, 9.17) is 24.1 Å². The lowest BCUT2D eigenvalue weighted by Gasteiger charge is -2.27. The molecule has 4 aromatic rings. The highest BCUT2D eigenvalue weighted by Crippen LogP contribution is 2.18. The second kappa shape index (κ2) is 26.1. The van der Waals surface area contributed by atoms with Crippen LogP contribution < -0.4 is 21.3 Å². The van der Waals surface area contributed by atoms with E-state index in [2.05, 4.69) is 21.3 Å². The molecule has 5 N–H and O–H groups in total. The van der Waals surface area contributed by atoms with Crippen LogP contribution in [0.3, 0.4) is 0 Å². The molecular formula is C51H62N6O13. The van der Waals surface area contributed by atoms with Crippen LogP contribution in [-0.4, -0.2) is 118 Å². The molecule has 4 aromatic carbocycles. The van der Waals surface area contributed by atoms with Crippen molar-refractivity contribution >= 4 is 48.0 Å². The van der Waals surface area contributed by atoms with Crippen molar-refractivity contribution in [2.75, 3.05) is 20.2 Å². The van der Waals surface area contributed by atoms with Gasteiger partial charge in [-0.25, -0.2) is 38.6 Å². The summed E-state index contributed by atoms with van der Waals surface area (Å²) < 4.78 is 21.3. The van der Waals surface area contributed by atoms with Crippen molar-refractivity contribution in [3.8, 4) is 0 Å². The lowest BCUT2D eigenvalue weighted by atomic mass is 10.0. The first-order chi connectivity index (χ1) is 33.3. The van der Waals surface area contributed by atoms with Crippen molar-refractivity contribution < 1.29 is 62.4 Å². The van der Waals surface area contributed by atoms with Crippen LogP contribution in [-0.2, 0) is 64.2 Å². The Hall–Kier alpha value is -7.80. The van der Waals surface area contributed by atoms with Gasteiger partial charge in [0.2, 0.25) is 0 Å². The van der Waals surface area contributed by atoms with Gasteiger partial charge in [0.25, 0.3) is 11.8 Å². The number of esters is 2. The van der Waals surface area contributed by atoms with Gasteiger partial charge in [0.15, 0.2) is 12.1 Å². The highest BCUT2D eigenvalue weighted by atomic mass is 16.6. The predicted molar refractivity (Wildman–Crippen MR) is 255 cm³/mol. The Morgan fingerprint density at radius 3 is 1.10 bits per heavy atom. The molecular weight excluding hydrogens is 905 g/mol. The van der Waals surface area contributed by atoms with Gasteiger partial charge >= 0.3 is 36.2 Å². The second-order valence-corrected chi connectivity index (χ2v) is 17.8. The number of rotatable bonds is 14. The molecule has 0 bridgehead atoms. The van der Waals surface area contributed by atoms with Crippen molar-refractivity contribution in [1.82, 2.24) is 31.1 Å². The summed E-state index contributed by atoms with van der Waals surface area (Å²) in [7, 11) is 1.00. The molecule has 2 saturated heterocycles. The van der Waals surface area contributed by atoms with Crippen LogP contribution in [0.5, 0.6) is 0 Å². The first kappa shape index (κ1) is 54.8. The van der Waals surface area contributed by atoms with Gasteiger partial charge < -0.3 is 45.3 Å². The summed E-state index contributed by atoms with van der Waals surface area (Å²) in [5, 5.41) is 17.1. The first-order valence-corrected chi connectivity index (χ1v) is 22.4. The minimum absolute atomic E-state index is 0.00992. The molecule has 374 valence electrons. The number of aliphatic hydroxyl groups is 1. The summed E-state index contributed by atoms with van der Waals surface area (Å²) in [6, 6.07) is 30.2. The zero-order chi connectivity index (χ0) is 51.4. The second-order valence-electron chi connectivity index (χ2n) is 17.8. The maximum Gasteiger partial charge on any atom is 0.408 e. The number of amides is 8. The number of hydrogen-bond donors (Lipinski definition) is 5. The number of urea groups is 2. The molecule has 8 amide bonds. The SMILES string of the molecule is CC(C)(C)OC(=O)N[C@@H](Cc1ccccc1)C(=O)N1C(=O)NC[C@@H]1C(=O)OCc1ccccc1.CC(C)(C)OC(=O)N[C@@H](Cc1ccccc1)C(=O)N1C(=O)NC[C@@H]1C(=O)OCc1ccccc1.CO. The number of ether oxygens (including phenoxy) is 4. The number of nitrogens with one attached hydrogen (secondary N) is 4. The van der Waals surface area contributed by atoms with Crippen LogP contribution in [0.4, 0.5) is 19.2 Å². The average molecular weight is 967 g/mol. The minimum Gasteiger partial charge on any atom is -0.459 e. The zero-order valence-corrected chi connectivity index (χ0v) is 40.3. The van der Waals surface area contributed by atoms with Gasteiger partial charge in [-0.3, -0.25) is 9.59 Å². The largest absolute Gasteiger partial charge is 0.459 e. The van der Waals surface area contributed by atoms with E-state index < -0.39 is 83.4 Å². The standard InChI is InChI=1S/2C25H29N3O6.CH4O/c2*1-25(2,3)34-24(32)27-19(14-17-10-6-4-7-11-17)21(29)28-20(15-26-23(28)31)22(30)33-16-18-12-8-5-9-13-18;1-2/h2*4-13,19-20H,14-16H2,1-3H3,(H,26,31)(H,27,32);2H,1H3/t2*19-,20+;/m00./s1. The van der Waals surface area contributed by atoms with Crippen LogP contribution in [0, 0.1) is 0 Å². The third-order valence-corrected chi connectivity index (χ3v) is 9.96. The molecule has 2 fully saturated rings. The monoisotopic (exact) mass is 966 g/mol. The molecule has 19 nitrogen and oxygen atoms in total. The first-order valence-electron chi connectivity index (χ1n) is 22.4. The predicted octanol–water partition coefficient (Wildman–Crippen LogP) is 5.18. The molecule has 0 unspecified atom stereocenters. The number of imide groups is 2. The van der Waals surface area contributed by atoms with Crippen LogP contribution >= 0.6 is 0 Å². The molecule has 19 heteroatoms. The summed E-state index contributed by atoms with van der Waals surface area (Å²) >= 11 is 0. The van der Waals surface area contributed by atoms with E-state index in [1.54, 1.807) is 114 Å². The quantitative estimate of drug-likeness (QED) is 0.0809. The summed E-state index contributed by atoms with van der Waals surface area (Å²) in [6.07, 6.45) is -1.39. The van der Waals surface area contributed by atoms with E-state index in [0.717, 1.165) is 39.2 Å². The number of alkyl carbamates (subject to hydrolysis) is 2. The fourth-order valence-corrected chi connectivity index (χ4v) is 6.87. The van der Waals surface area contributed by atoms with E-state index in [9.17, 15) is 38.4 Å². The van der Waals surface area contributed by atoms with Gasteiger partial charge in [-0.15, -0.1) is 0 Å². The van der Waals surface area contributed by atoms with E-state index in [0.29, 0.717) is 0 Å². The molecule has 2 aliphatic rings. The smallest absolute Gasteiger partial charge is 0.408 e. The van der Waals surface area contributed by atoms with Gasteiger partial charge in [0, 0.05) is 20.0 Å². The fraction of sp³-hybridized carbons (Fsp3) is 0.373. The lowest BCUT2D eigenvalue weighted by Crippen LogP contribution is -2.55. The normalized spacial score (nSPS) is 16.0. The van der Waals surface area contributed by atoms with Crippen LogP contribution in [0.15, 0.2) is 121 Å². The van der Waals surface area contributed by atoms with Gasteiger partial charge in [-0.2, -0.15) is 0 Å². The number of nitrogens with zero attached hydrogens (tertiary/aromatic N) is 2. The van der Waals surface area contributed by atoms with Crippen molar-refractivity contribution in [1.29, 1.82) is 0 Å². The topological polar surface area (TPSA) is 248 Å². The number of carbonyl (C=O) groups excluding carboxylic acids is 8. The molecule has 2 heterocycles. The van der Waals surface area contributed by atoms with Gasteiger partial charge in [0.1, 0.15) is 36.5 Å². The van der Waals surface area contributed by atoms with E-state index in [-0.39, 0.29) is 39.1 Å². The van der Waals surface area contributed by atoms with E-state index >= 15 is 0 Å². The Kier molecular flexibility index (Phi) is 20.4. The molecule has 0 radical (unpaired) electrons. The molecule has 2 aliphatic heterocycles. The van der Waals surface area contributed by atoms with E-state index in [1.165, 1.54) is 0 Å². The van der Waals surface area contributed by atoms with Crippen molar-refractivity contribution in [3.05, 3.63) is 144 Å². The highest BCUT2D eigenvalue weighted by Gasteiger charge is 2.46. The summed E-state index contributed by atoms with van der Waals surface area (Å²) in [5.41, 5.74) is 1.52. The molecule has 4 atom stereocenters. The third-order valence-electron chi connectivity index (χ3n) is 9.96. The number of hydrogen-bond acceptors (Lipinski definition) is 13. The number of aliphatic hydroxyl groups excluding tert-OH is 1. The van der Waals surface area contributed by atoms with Crippen LogP contribution in [0.25, 0.3) is 0 Å². The number of carbonyl (C=O) groups is 8. The molecule has 0 spiro atoms. The van der Waals surface area contributed by atoms with Crippen molar-refractivity contribution in [2.24, 2.45) is 0 Å². The fourth-order valence-electron chi connectivity index (χ4n) is 6.87. The maximum absolute atomic E-state index is 13.4. The summed E-state index contributed by atoms with van der Waals surface area (Å²) in [4.78, 5) is 104. The Morgan fingerprint density at radius 2 is 0.814 bits per heavy atom. The average Bonchev–Trinajstić information content (AvgIpc) is 3.92. The Labute approximate surface area is 407 Å². The van der Waals surface area contributed by atoms with Gasteiger partial charge in [-0.05, 0) is 63.8 Å². The Balaban J connectivity index is 0.000000294. The van der Waals surface area contributed by atoms with Crippen molar-refractivity contribution in [3.63, 3.8) is 0 Å². The van der Waals surface area contributed by atoms with Gasteiger partial charge in [0.05, 0.1) is 13.1 Å². The van der Waals surface area contributed by atoms with Crippen LogP contribution in [0.2, 0.25) is 0 Å². The Bertz CT molecular complexity index is 2210. The van der Waals surface area contributed by atoms with Crippen molar-refractivity contribution in [2.45, 2.75) is 103 Å². The molecule has 70 heavy (non-hydrogen) atoms. The zero-order valence-electron chi connectivity index (χ0n) is 40.3. The maximum atomic E-state index is 13.4. The Morgan fingerprint density at radius 1 is 0.529 bits per heavy atom. The summed E-state index contributed by atoms with van der Waals surface area (Å²) in [5.74, 6) is -2.89. The van der Waals surface area contributed by atoms with E-state index in [1.807, 2.05) is 48.5 Å². The molecule has 6 rings (SSSR count). The number of benzene rings is 4. The highest BCUT2D eigenvalue weighted by molar-refractivity contribution is 6.05. The lowest BCUT2D eigenvalue weighted by molar-refractivity contribution is -0.153. The summed E-state index contributed by atoms with van der Waals surface area (Å²) in [6.45, 7) is 10.1. The molecule has 0 saturated carbocycles. The molecule has 0 aliphatic carbocycles. The minimum atomic E-state index is -1.15. The van der Waals surface area contributed by atoms with Gasteiger partial charge in [-0.1, -0.05) is 121 Å². The van der Waals surface area contributed by atoms with Crippen LogP contribution in [0.1, 0.15) is 63.8 Å². The third kappa shape index (κ3) is 17.4. The molecule has 0 aromatic heterocycles.